The zero-order valence-electron chi connectivity index (χ0n) is 16.6. The normalized spacial score (nSPS) is 11.3. The van der Waals surface area contributed by atoms with E-state index in [9.17, 15) is 19.7 Å². The van der Waals surface area contributed by atoms with E-state index in [1.165, 1.54) is 31.2 Å². The highest BCUT2D eigenvalue weighted by molar-refractivity contribution is 6.34. The van der Waals surface area contributed by atoms with Gasteiger partial charge in [0.25, 0.3) is 11.6 Å². The zero-order chi connectivity index (χ0) is 22.3. The Hall–Kier alpha value is -3.33. The number of ether oxygens (including phenoxy) is 3. The standard InChI is InChI=1S/C20H21ClN2O7/c1-4-28-17-9-6-13(10-18(17)29-5-2)20(25)30-12(3)19(24)22-16-8-7-14(23(26)27)11-15(16)21/h6-12H,4-5H2,1-3H3,(H,22,24). The third kappa shape index (κ3) is 5.84. The summed E-state index contributed by atoms with van der Waals surface area (Å²) in [6.45, 7) is 5.84. The number of rotatable bonds is 9. The van der Waals surface area contributed by atoms with Gasteiger partial charge in [0.1, 0.15) is 0 Å². The maximum Gasteiger partial charge on any atom is 0.339 e. The van der Waals surface area contributed by atoms with Crippen LogP contribution in [0.5, 0.6) is 11.5 Å². The molecule has 2 aromatic rings. The average molecular weight is 437 g/mol. The molecule has 0 aromatic heterocycles. The van der Waals surface area contributed by atoms with Crippen LogP contribution in [0.2, 0.25) is 5.02 Å². The summed E-state index contributed by atoms with van der Waals surface area (Å²) in [6.07, 6.45) is -1.15. The maximum atomic E-state index is 12.4. The molecule has 9 nitrogen and oxygen atoms in total. The minimum absolute atomic E-state index is 0.0102. The summed E-state index contributed by atoms with van der Waals surface area (Å²) in [7, 11) is 0. The number of nitrogens with zero attached hydrogens (tertiary/aromatic N) is 1. The summed E-state index contributed by atoms with van der Waals surface area (Å²) in [6, 6.07) is 8.19. The second-order valence-electron chi connectivity index (χ2n) is 5.99. The highest BCUT2D eigenvalue weighted by Crippen LogP contribution is 2.29. The summed E-state index contributed by atoms with van der Waals surface area (Å²) in [5.41, 5.74) is 0.142. The Morgan fingerprint density at radius 1 is 1.10 bits per heavy atom. The molecule has 0 saturated heterocycles. The number of hydrogen-bond donors (Lipinski definition) is 1. The molecular weight excluding hydrogens is 416 g/mol. The van der Waals surface area contributed by atoms with Crippen LogP contribution in [0.3, 0.4) is 0 Å². The minimum Gasteiger partial charge on any atom is -0.490 e. The molecule has 30 heavy (non-hydrogen) atoms. The van der Waals surface area contributed by atoms with Crippen LogP contribution in [-0.4, -0.2) is 36.1 Å². The van der Waals surface area contributed by atoms with E-state index >= 15 is 0 Å². The highest BCUT2D eigenvalue weighted by Gasteiger charge is 2.21. The van der Waals surface area contributed by atoms with Gasteiger partial charge < -0.3 is 19.5 Å². The van der Waals surface area contributed by atoms with Crippen LogP contribution < -0.4 is 14.8 Å². The number of non-ortho nitro benzene ring substituents is 1. The molecule has 1 atom stereocenters. The average Bonchev–Trinajstić information content (AvgIpc) is 2.70. The number of halogens is 1. The molecule has 1 N–H and O–H groups in total. The second kappa shape index (κ2) is 10.4. The van der Waals surface area contributed by atoms with Gasteiger partial charge in [0, 0.05) is 12.1 Å². The van der Waals surface area contributed by atoms with Crippen LogP contribution in [0.15, 0.2) is 36.4 Å². The molecule has 0 spiro atoms. The first-order valence-electron chi connectivity index (χ1n) is 9.12. The maximum absolute atomic E-state index is 12.4. The van der Waals surface area contributed by atoms with Crippen molar-refractivity contribution in [2.24, 2.45) is 0 Å². The van der Waals surface area contributed by atoms with Crippen LogP contribution >= 0.6 is 11.6 Å². The number of hydrogen-bond acceptors (Lipinski definition) is 7. The number of benzene rings is 2. The fourth-order valence-electron chi connectivity index (χ4n) is 2.41. The van der Waals surface area contributed by atoms with Gasteiger partial charge >= 0.3 is 5.97 Å². The lowest BCUT2D eigenvalue weighted by Crippen LogP contribution is -2.30. The van der Waals surface area contributed by atoms with Gasteiger partial charge in [-0.2, -0.15) is 0 Å². The van der Waals surface area contributed by atoms with Crippen LogP contribution in [0, 0.1) is 10.1 Å². The first-order valence-corrected chi connectivity index (χ1v) is 9.50. The first kappa shape index (κ1) is 23.0. The molecule has 0 radical (unpaired) electrons. The SMILES string of the molecule is CCOc1ccc(C(=O)OC(C)C(=O)Nc2ccc([N+](=O)[O-])cc2Cl)cc1OCC. The number of amides is 1. The molecule has 0 aliphatic heterocycles. The van der Waals surface area contributed by atoms with E-state index < -0.39 is 22.9 Å². The van der Waals surface area contributed by atoms with E-state index in [1.807, 2.05) is 6.92 Å². The third-order valence-corrected chi connectivity index (χ3v) is 4.17. The first-order chi connectivity index (χ1) is 14.3. The van der Waals surface area contributed by atoms with Crippen molar-refractivity contribution in [1.29, 1.82) is 0 Å². The van der Waals surface area contributed by atoms with E-state index in [1.54, 1.807) is 13.0 Å². The van der Waals surface area contributed by atoms with Gasteiger partial charge in [-0.1, -0.05) is 11.6 Å². The fourth-order valence-corrected chi connectivity index (χ4v) is 2.64. The predicted molar refractivity (Wildman–Crippen MR) is 110 cm³/mol. The Kier molecular flexibility index (Phi) is 7.99. The van der Waals surface area contributed by atoms with E-state index in [4.69, 9.17) is 25.8 Å². The number of carbonyl (C=O) groups excluding carboxylic acids is 2. The molecule has 2 rings (SSSR count). The smallest absolute Gasteiger partial charge is 0.339 e. The molecule has 1 amide bonds. The molecule has 2 aromatic carbocycles. The lowest BCUT2D eigenvalue weighted by atomic mass is 10.2. The van der Waals surface area contributed by atoms with E-state index in [2.05, 4.69) is 5.32 Å². The Morgan fingerprint density at radius 3 is 2.37 bits per heavy atom. The van der Waals surface area contributed by atoms with E-state index in [-0.39, 0.29) is 22.0 Å². The molecule has 0 aliphatic rings. The number of carbonyl (C=O) groups is 2. The quantitative estimate of drug-likeness (QED) is 0.355. The number of nitro benzene ring substituents is 1. The number of nitro groups is 1. The van der Waals surface area contributed by atoms with Crippen molar-refractivity contribution in [2.45, 2.75) is 26.9 Å². The second-order valence-corrected chi connectivity index (χ2v) is 6.39. The van der Waals surface area contributed by atoms with E-state index in [0.29, 0.717) is 24.7 Å². The van der Waals surface area contributed by atoms with Crippen molar-refractivity contribution >= 4 is 34.9 Å². The third-order valence-electron chi connectivity index (χ3n) is 3.85. The lowest BCUT2D eigenvalue weighted by Gasteiger charge is -2.15. The topological polar surface area (TPSA) is 117 Å². The van der Waals surface area contributed by atoms with Gasteiger partial charge in [0.2, 0.25) is 0 Å². The van der Waals surface area contributed by atoms with Gasteiger partial charge in [0.15, 0.2) is 17.6 Å². The van der Waals surface area contributed by atoms with Gasteiger partial charge in [0.05, 0.1) is 34.4 Å². The molecule has 10 heteroatoms. The van der Waals surface area contributed by atoms with Crippen LogP contribution in [0.4, 0.5) is 11.4 Å². The van der Waals surface area contributed by atoms with Crippen LogP contribution in [-0.2, 0) is 9.53 Å². The summed E-state index contributed by atoms with van der Waals surface area (Å²) >= 11 is 5.96. The monoisotopic (exact) mass is 436 g/mol. The van der Waals surface area contributed by atoms with Crippen molar-refractivity contribution in [2.75, 3.05) is 18.5 Å². The molecule has 160 valence electrons. The van der Waals surface area contributed by atoms with Crippen LogP contribution in [0.1, 0.15) is 31.1 Å². The molecule has 0 bridgehead atoms. The molecule has 0 aliphatic carbocycles. The Bertz CT molecular complexity index is 949. The van der Waals surface area contributed by atoms with Crippen molar-refractivity contribution in [3.63, 3.8) is 0 Å². The Morgan fingerprint density at radius 2 is 1.77 bits per heavy atom. The van der Waals surface area contributed by atoms with Gasteiger partial charge in [-0.3, -0.25) is 14.9 Å². The zero-order valence-corrected chi connectivity index (χ0v) is 17.4. The van der Waals surface area contributed by atoms with Crippen molar-refractivity contribution in [1.82, 2.24) is 0 Å². The molecule has 0 fully saturated rings. The van der Waals surface area contributed by atoms with Gasteiger partial charge in [-0.25, -0.2) is 4.79 Å². The largest absolute Gasteiger partial charge is 0.490 e. The van der Waals surface area contributed by atoms with Crippen molar-refractivity contribution in [3.8, 4) is 11.5 Å². The van der Waals surface area contributed by atoms with Crippen LogP contribution in [0.25, 0.3) is 0 Å². The number of esters is 1. The molecule has 0 heterocycles. The van der Waals surface area contributed by atoms with Crippen molar-refractivity contribution < 1.29 is 28.7 Å². The predicted octanol–water partition coefficient (Wildman–Crippen LogP) is 4.23. The van der Waals surface area contributed by atoms with Gasteiger partial charge in [-0.15, -0.1) is 0 Å². The summed E-state index contributed by atoms with van der Waals surface area (Å²) in [4.78, 5) is 34.9. The highest BCUT2D eigenvalue weighted by atomic mass is 35.5. The Balaban J connectivity index is 2.07. The fraction of sp³-hybridized carbons (Fsp3) is 0.300. The molecule has 0 saturated carbocycles. The summed E-state index contributed by atoms with van der Waals surface area (Å²) in [5, 5.41) is 13.2. The number of anilines is 1. The molecule has 1 unspecified atom stereocenters. The van der Waals surface area contributed by atoms with E-state index in [0.717, 1.165) is 6.07 Å². The minimum atomic E-state index is -1.15. The lowest BCUT2D eigenvalue weighted by molar-refractivity contribution is -0.384. The summed E-state index contributed by atoms with van der Waals surface area (Å²) < 4.78 is 16.1. The summed E-state index contributed by atoms with van der Waals surface area (Å²) in [5.74, 6) is -0.482. The Labute approximate surface area is 178 Å². The number of nitrogens with one attached hydrogen (secondary N) is 1. The molecular formula is C20H21ClN2O7. The van der Waals surface area contributed by atoms with Gasteiger partial charge in [-0.05, 0) is 45.0 Å². The van der Waals surface area contributed by atoms with Crippen molar-refractivity contribution in [3.05, 3.63) is 57.1 Å².